The molecule has 0 aliphatic heterocycles. The molecule has 14 heavy (non-hydrogen) atoms. The first-order valence-electron chi connectivity index (χ1n) is 5.27. The average molecular weight is 264 g/mol. The Morgan fingerprint density at radius 1 is 1.57 bits per heavy atom. The van der Waals surface area contributed by atoms with Gasteiger partial charge in [0.2, 0.25) is 0 Å². The summed E-state index contributed by atoms with van der Waals surface area (Å²) in [4.78, 5) is 0. The Balaban J connectivity index is 2.73. The molecule has 0 spiro atoms. The highest BCUT2D eigenvalue weighted by Crippen LogP contribution is 2.33. The average Bonchev–Trinajstić information content (AvgIpc) is 2.59. The Kier molecular flexibility index (Phi) is 1.54. The minimum Gasteiger partial charge on any atom is -0.275 e. The van der Waals surface area contributed by atoms with Crippen molar-refractivity contribution in [3.05, 3.63) is 28.4 Å². The molecule has 0 aliphatic rings. The lowest BCUT2D eigenvalue weighted by atomic mass is 10.1. The van der Waals surface area contributed by atoms with Gasteiger partial charge in [-0.15, -0.1) is 0 Å². The lowest BCUT2D eigenvalue weighted by molar-refractivity contribution is 0.152. The predicted octanol–water partition coefficient (Wildman–Crippen LogP) is 3.27. The Labute approximate surface area is 91.9 Å². The number of halogens is 3. The summed E-state index contributed by atoms with van der Waals surface area (Å²) in [5.74, 6) is 0. The number of alkyl halides is 2. The van der Waals surface area contributed by atoms with Gasteiger partial charge in [0.15, 0.2) is 0 Å². The molecule has 2 aromatic rings. The van der Waals surface area contributed by atoms with Gasteiger partial charge in [0.05, 0.1) is 5.52 Å². The number of rotatable bonds is 1. The second kappa shape index (κ2) is 3.31. The van der Waals surface area contributed by atoms with Crippen molar-refractivity contribution in [3.63, 3.8) is 0 Å². The van der Waals surface area contributed by atoms with Gasteiger partial charge < -0.3 is 0 Å². The summed E-state index contributed by atoms with van der Waals surface area (Å²) >= 11 is 3.02. The van der Waals surface area contributed by atoms with E-state index in [-0.39, 0.29) is 20.9 Å². The van der Waals surface area contributed by atoms with Gasteiger partial charge in [-0.05, 0) is 12.1 Å². The van der Waals surface area contributed by atoms with E-state index >= 15 is 0 Å². The molecule has 0 bridgehead atoms. The quantitative estimate of drug-likeness (QED) is 0.772. The second-order valence-corrected chi connectivity index (χ2v) is 3.62. The van der Waals surface area contributed by atoms with Crippen LogP contribution in [0.1, 0.15) is 16.1 Å². The Morgan fingerprint density at radius 2 is 2.36 bits per heavy atom. The fourth-order valence-corrected chi connectivity index (χ4v) is 1.83. The third-order valence-corrected chi connectivity index (χ3v) is 2.59. The highest BCUT2D eigenvalue weighted by Gasteiger charge is 2.16. The molecule has 0 unspecified atom stereocenters. The largest absolute Gasteiger partial charge is 0.275 e. The number of fused-ring (bicyclic) bond motifs is 1. The minimum absolute atomic E-state index is 0.144. The molecule has 2 nitrogen and oxygen atoms in total. The summed E-state index contributed by atoms with van der Waals surface area (Å²) in [7, 11) is 0. The van der Waals surface area contributed by atoms with E-state index in [1.165, 1.54) is 12.1 Å². The zero-order valence-corrected chi connectivity index (χ0v) is 8.42. The summed E-state index contributed by atoms with van der Waals surface area (Å²) in [6.07, 6.45) is -1.57. The monoisotopic (exact) mass is 263 g/mol. The van der Waals surface area contributed by atoms with E-state index in [0.717, 1.165) is 10.9 Å². The van der Waals surface area contributed by atoms with E-state index < -0.39 is 13.4 Å². The first kappa shape index (κ1) is 6.50. The van der Waals surface area contributed by atoms with Gasteiger partial charge in [-0.25, -0.2) is 8.78 Å². The van der Waals surface area contributed by atoms with Crippen molar-refractivity contribution in [2.75, 3.05) is 0 Å². The number of aryl methyl sites for hydroxylation is 1. The normalized spacial score (nSPS) is 15.6. The van der Waals surface area contributed by atoms with Crippen LogP contribution in [0.5, 0.6) is 0 Å². The molecule has 0 radical (unpaired) electrons. The number of aromatic nitrogens is 2. The molecule has 0 fully saturated rings. The molecule has 0 saturated heterocycles. The van der Waals surface area contributed by atoms with Crippen molar-refractivity contribution in [1.82, 2.24) is 9.78 Å². The molecule has 0 N–H and O–H groups in total. The molecule has 2 rings (SSSR count). The van der Waals surface area contributed by atoms with E-state index in [1.54, 1.807) is 0 Å². The van der Waals surface area contributed by atoms with Crippen molar-refractivity contribution in [3.8, 4) is 0 Å². The molecule has 0 amide bonds. The van der Waals surface area contributed by atoms with Crippen LogP contribution in [0.2, 0.25) is 0 Å². The first-order valence-corrected chi connectivity index (χ1v) is 4.56. The van der Waals surface area contributed by atoms with E-state index in [1.807, 2.05) is 0 Å². The zero-order chi connectivity index (χ0) is 12.8. The molecular formula is C9H7BrF2N2. The van der Waals surface area contributed by atoms with Crippen LogP contribution in [0, 0.1) is 0 Å². The molecule has 0 saturated carbocycles. The molecule has 1 aromatic heterocycles. The number of hydrogen-bond donors (Lipinski definition) is 0. The fourth-order valence-electron chi connectivity index (χ4n) is 1.31. The van der Waals surface area contributed by atoms with Crippen LogP contribution >= 0.6 is 15.9 Å². The van der Waals surface area contributed by atoms with Gasteiger partial charge in [0.1, 0.15) is 0 Å². The van der Waals surface area contributed by atoms with E-state index in [9.17, 15) is 8.78 Å². The SMILES string of the molecule is [2H]C([2H])([2H])n1cc2c(C(F)F)c(Br)ccc2n1. The first-order chi connectivity index (χ1) is 7.80. The number of hydrogen-bond acceptors (Lipinski definition) is 1. The third-order valence-electron chi connectivity index (χ3n) is 1.90. The van der Waals surface area contributed by atoms with Gasteiger partial charge in [0, 0.05) is 32.7 Å². The maximum Gasteiger partial charge on any atom is 0.265 e. The smallest absolute Gasteiger partial charge is 0.265 e. The van der Waals surface area contributed by atoms with Crippen molar-refractivity contribution >= 4 is 26.8 Å². The maximum absolute atomic E-state index is 12.9. The van der Waals surface area contributed by atoms with Crippen LogP contribution in [0.4, 0.5) is 8.78 Å². The zero-order valence-electron chi connectivity index (χ0n) is 9.84. The van der Waals surface area contributed by atoms with Gasteiger partial charge in [-0.2, -0.15) is 5.10 Å². The van der Waals surface area contributed by atoms with E-state index in [2.05, 4.69) is 21.0 Å². The van der Waals surface area contributed by atoms with Crippen LogP contribution in [0.15, 0.2) is 22.8 Å². The number of nitrogens with zero attached hydrogens (tertiary/aromatic N) is 2. The van der Waals surface area contributed by atoms with Crippen LogP contribution in [0.3, 0.4) is 0 Å². The second-order valence-electron chi connectivity index (χ2n) is 2.77. The molecule has 0 atom stereocenters. The van der Waals surface area contributed by atoms with E-state index in [0.29, 0.717) is 0 Å². The highest BCUT2D eigenvalue weighted by molar-refractivity contribution is 9.10. The van der Waals surface area contributed by atoms with Crippen molar-refractivity contribution in [2.24, 2.45) is 6.98 Å². The topological polar surface area (TPSA) is 17.8 Å². The Morgan fingerprint density at radius 3 is 3.00 bits per heavy atom. The molecule has 0 aliphatic carbocycles. The molecule has 1 heterocycles. The van der Waals surface area contributed by atoms with Gasteiger partial charge in [0.25, 0.3) is 6.43 Å². The predicted molar refractivity (Wildman–Crippen MR) is 53.4 cm³/mol. The minimum atomic E-state index is -2.69. The number of benzene rings is 1. The maximum atomic E-state index is 12.9. The Bertz CT molecular complexity index is 565. The summed E-state index contributed by atoms with van der Waals surface area (Å²) in [6.45, 7) is -2.47. The lowest BCUT2D eigenvalue weighted by Gasteiger charge is -2.03. The molecule has 1 aromatic carbocycles. The van der Waals surface area contributed by atoms with Crippen LogP contribution in [-0.2, 0) is 6.98 Å². The van der Waals surface area contributed by atoms with Crippen molar-refractivity contribution < 1.29 is 12.9 Å². The van der Waals surface area contributed by atoms with Crippen LogP contribution in [0.25, 0.3) is 10.9 Å². The van der Waals surface area contributed by atoms with Gasteiger partial charge in [-0.1, -0.05) is 15.9 Å². The van der Waals surface area contributed by atoms with Crippen molar-refractivity contribution in [2.45, 2.75) is 6.43 Å². The summed E-state index contributed by atoms with van der Waals surface area (Å²) in [5, 5.41) is 3.91. The summed E-state index contributed by atoms with van der Waals surface area (Å²) < 4.78 is 48.2. The third kappa shape index (κ3) is 1.41. The fraction of sp³-hybridized carbons (Fsp3) is 0.222. The van der Waals surface area contributed by atoms with Crippen LogP contribution in [-0.4, -0.2) is 9.78 Å². The molecule has 5 heteroatoms. The van der Waals surface area contributed by atoms with Gasteiger partial charge in [-0.3, -0.25) is 4.68 Å². The summed E-state index contributed by atoms with van der Waals surface area (Å²) in [5.41, 5.74) is -0.00220. The van der Waals surface area contributed by atoms with E-state index in [4.69, 9.17) is 4.11 Å². The Hall–Kier alpha value is -0.970. The standard InChI is InChI=1S/C9H7BrF2N2/c1-14-4-5-7(13-14)3-2-6(10)8(5)9(11)12/h2-4,9H,1H3/i1D3. The van der Waals surface area contributed by atoms with Crippen molar-refractivity contribution in [1.29, 1.82) is 0 Å². The molecule has 74 valence electrons. The lowest BCUT2D eigenvalue weighted by Crippen LogP contribution is -1.86. The van der Waals surface area contributed by atoms with Crippen LogP contribution < -0.4 is 0 Å². The van der Waals surface area contributed by atoms with Gasteiger partial charge >= 0.3 is 0 Å². The highest BCUT2D eigenvalue weighted by atomic mass is 79.9. The summed E-state index contributed by atoms with van der Waals surface area (Å²) in [6, 6.07) is 2.92. The molecular weight excluding hydrogens is 254 g/mol.